The van der Waals surface area contributed by atoms with Gasteiger partial charge in [0.1, 0.15) is 5.75 Å². The first-order valence-corrected chi connectivity index (χ1v) is 3.35. The van der Waals surface area contributed by atoms with Gasteiger partial charge in [0.15, 0.2) is 0 Å². The normalized spacial score (nSPS) is 13.6. The van der Waals surface area contributed by atoms with Crippen LogP contribution in [0, 0.1) is 0 Å². The average molecular weight is 133 g/mol. The van der Waals surface area contributed by atoms with E-state index in [0.717, 1.165) is 17.5 Å². The minimum Gasteiger partial charge on any atom is -0.508 e. The van der Waals surface area contributed by atoms with Gasteiger partial charge < -0.3 is 5.11 Å². The maximum Gasteiger partial charge on any atom is 1.00 e. The van der Waals surface area contributed by atoms with Crippen LogP contribution in [0.1, 0.15) is 12.6 Å². The minimum atomic E-state index is 0. The second-order valence-electron chi connectivity index (χ2n) is 2.45. The summed E-state index contributed by atoms with van der Waals surface area (Å²) < 4.78 is 0. The number of phenols is 1. The molecule has 0 atom stereocenters. The van der Waals surface area contributed by atoms with E-state index in [2.05, 4.69) is 6.08 Å². The molecule has 1 nitrogen and oxygen atoms in total. The Morgan fingerprint density at radius 1 is 1.40 bits per heavy atom. The monoisotopic (exact) mass is 133 g/mol. The molecule has 0 heterocycles. The zero-order valence-electron chi connectivity index (χ0n) is 6.54. The predicted molar refractivity (Wildman–Crippen MR) is 42.0 cm³/mol. The van der Waals surface area contributed by atoms with Crippen molar-refractivity contribution in [3.05, 3.63) is 35.4 Å². The molecule has 1 aliphatic rings. The molecule has 10 heavy (non-hydrogen) atoms. The van der Waals surface area contributed by atoms with Gasteiger partial charge in [-0.15, -0.1) is 0 Å². The van der Waals surface area contributed by atoms with E-state index in [1.165, 1.54) is 0 Å². The van der Waals surface area contributed by atoms with Crippen molar-refractivity contribution in [2.45, 2.75) is 6.42 Å². The van der Waals surface area contributed by atoms with Gasteiger partial charge in [-0.25, -0.2) is 0 Å². The molecule has 0 unspecified atom stereocenters. The van der Waals surface area contributed by atoms with Gasteiger partial charge in [-0.3, -0.25) is 0 Å². The highest BCUT2D eigenvalue weighted by Crippen LogP contribution is 2.26. The van der Waals surface area contributed by atoms with E-state index in [1.54, 1.807) is 6.07 Å². The van der Waals surface area contributed by atoms with Gasteiger partial charge in [0.25, 0.3) is 0 Å². The zero-order valence-corrected chi connectivity index (χ0v) is 5.54. The van der Waals surface area contributed by atoms with Crippen LogP contribution in [-0.2, 0) is 6.42 Å². The predicted octanol–water partition coefficient (Wildman–Crippen LogP) is 2.07. The van der Waals surface area contributed by atoms with Crippen molar-refractivity contribution in [1.29, 1.82) is 0 Å². The Balaban J connectivity index is 0.000000605. The van der Waals surface area contributed by atoms with Crippen LogP contribution in [0.3, 0.4) is 0 Å². The number of hydrogen-bond donors (Lipinski definition) is 1. The molecular formula is C9H9O+. The van der Waals surface area contributed by atoms with Gasteiger partial charge in [0.05, 0.1) is 0 Å². The van der Waals surface area contributed by atoms with Gasteiger partial charge in [0.2, 0.25) is 0 Å². The van der Waals surface area contributed by atoms with Crippen molar-refractivity contribution >= 4 is 6.08 Å². The highest BCUT2D eigenvalue weighted by Gasteiger charge is 2.07. The van der Waals surface area contributed by atoms with Crippen LogP contribution >= 0.6 is 0 Å². The average Bonchev–Trinajstić information content (AvgIpc) is 2.36. The van der Waals surface area contributed by atoms with Crippen LogP contribution in [0.4, 0.5) is 0 Å². The summed E-state index contributed by atoms with van der Waals surface area (Å²) in [7, 11) is 0. The molecular weight excluding hydrogens is 124 g/mol. The second kappa shape index (κ2) is 1.87. The Kier molecular flexibility index (Phi) is 1.04. The van der Waals surface area contributed by atoms with E-state index < -0.39 is 0 Å². The lowest BCUT2D eigenvalue weighted by Gasteiger charge is -1.99. The van der Waals surface area contributed by atoms with Gasteiger partial charge in [-0.05, 0) is 18.1 Å². The number of allylic oxidation sites excluding steroid dienone is 1. The molecule has 0 aromatic heterocycles. The highest BCUT2D eigenvalue weighted by molar-refractivity contribution is 5.63. The van der Waals surface area contributed by atoms with Crippen LogP contribution in [-0.4, -0.2) is 5.11 Å². The largest absolute Gasteiger partial charge is 1.00 e. The molecule has 0 radical (unpaired) electrons. The summed E-state index contributed by atoms with van der Waals surface area (Å²) in [5, 5.41) is 9.29. The smallest absolute Gasteiger partial charge is 0.508 e. The first-order valence-electron chi connectivity index (χ1n) is 3.35. The minimum absolute atomic E-state index is 0. The molecule has 0 amide bonds. The van der Waals surface area contributed by atoms with Crippen LogP contribution < -0.4 is 0 Å². The maximum atomic E-state index is 9.29. The number of rotatable bonds is 0. The van der Waals surface area contributed by atoms with Crippen molar-refractivity contribution in [1.82, 2.24) is 0 Å². The van der Waals surface area contributed by atoms with Gasteiger partial charge in [0, 0.05) is 5.56 Å². The molecule has 1 heteroatoms. The first-order chi connectivity index (χ1) is 4.88. The van der Waals surface area contributed by atoms with E-state index in [4.69, 9.17) is 0 Å². The quantitative estimate of drug-likeness (QED) is 0.574. The van der Waals surface area contributed by atoms with Gasteiger partial charge in [-0.1, -0.05) is 24.3 Å². The van der Waals surface area contributed by atoms with E-state index in [1.807, 2.05) is 18.2 Å². The number of hydrogen-bond acceptors (Lipinski definition) is 1. The Bertz CT molecular complexity index is 292. The third-order valence-corrected chi connectivity index (χ3v) is 1.81. The molecule has 0 spiro atoms. The summed E-state index contributed by atoms with van der Waals surface area (Å²) in [4.78, 5) is 0. The topological polar surface area (TPSA) is 20.2 Å². The van der Waals surface area contributed by atoms with Gasteiger partial charge >= 0.3 is 1.43 Å². The standard InChI is InChI=1S/C9H8O/c10-9-6-2-4-7-3-1-5-8(7)9/h1-4,6,10H,5H2/p+1. The molecule has 1 aromatic carbocycles. The van der Waals surface area contributed by atoms with Crippen molar-refractivity contribution in [3.8, 4) is 5.75 Å². The van der Waals surface area contributed by atoms with Gasteiger partial charge in [-0.2, -0.15) is 0 Å². The molecule has 2 rings (SSSR count). The summed E-state index contributed by atoms with van der Waals surface area (Å²) in [5.41, 5.74) is 2.21. The van der Waals surface area contributed by atoms with Crippen LogP contribution in [0.2, 0.25) is 0 Å². The van der Waals surface area contributed by atoms with E-state index in [9.17, 15) is 5.11 Å². The van der Waals surface area contributed by atoms with Crippen molar-refractivity contribution < 1.29 is 6.53 Å². The second-order valence-corrected chi connectivity index (χ2v) is 2.45. The lowest BCUT2D eigenvalue weighted by Crippen LogP contribution is -1.80. The molecule has 1 N–H and O–H groups in total. The summed E-state index contributed by atoms with van der Waals surface area (Å²) >= 11 is 0. The number of phenolic OH excluding ortho intramolecular Hbond substituents is 1. The maximum absolute atomic E-state index is 9.29. The molecule has 0 saturated heterocycles. The number of benzene rings is 1. The Morgan fingerprint density at radius 2 is 2.30 bits per heavy atom. The fourth-order valence-electron chi connectivity index (χ4n) is 1.27. The molecule has 0 bridgehead atoms. The molecule has 0 fully saturated rings. The fraction of sp³-hybridized carbons (Fsp3) is 0.111. The zero-order chi connectivity index (χ0) is 6.97. The fourth-order valence-corrected chi connectivity index (χ4v) is 1.27. The summed E-state index contributed by atoms with van der Waals surface area (Å²) in [5.74, 6) is 0.419. The lowest BCUT2D eigenvalue weighted by molar-refractivity contribution is 0.470. The Morgan fingerprint density at radius 3 is 3.10 bits per heavy atom. The lowest BCUT2D eigenvalue weighted by atomic mass is 10.1. The Hall–Kier alpha value is -1.24. The summed E-state index contributed by atoms with van der Waals surface area (Å²) in [6.07, 6.45) is 4.97. The molecule has 0 saturated carbocycles. The highest BCUT2D eigenvalue weighted by atomic mass is 16.3. The Labute approximate surface area is 61.1 Å². The summed E-state index contributed by atoms with van der Waals surface area (Å²) in [6.45, 7) is 0. The van der Waals surface area contributed by atoms with Crippen molar-refractivity contribution in [2.24, 2.45) is 0 Å². The molecule has 50 valence electrons. The molecule has 0 aliphatic heterocycles. The molecule has 1 aromatic rings. The van der Waals surface area contributed by atoms with Crippen LogP contribution in [0.25, 0.3) is 6.08 Å². The van der Waals surface area contributed by atoms with Crippen LogP contribution in [0.5, 0.6) is 5.75 Å². The third kappa shape index (κ3) is 0.637. The van der Waals surface area contributed by atoms with E-state index in [0.29, 0.717) is 5.75 Å². The van der Waals surface area contributed by atoms with Crippen LogP contribution in [0.15, 0.2) is 24.3 Å². The SMILES string of the molecule is Oc1cccc2c1CC=C2.[H+]. The first kappa shape index (κ1) is 5.54. The number of fused-ring (bicyclic) bond motifs is 1. The molecule has 1 aliphatic carbocycles. The van der Waals surface area contributed by atoms with E-state index in [-0.39, 0.29) is 1.43 Å². The van der Waals surface area contributed by atoms with Crippen molar-refractivity contribution in [3.63, 3.8) is 0 Å². The van der Waals surface area contributed by atoms with Crippen molar-refractivity contribution in [2.75, 3.05) is 0 Å². The summed E-state index contributed by atoms with van der Waals surface area (Å²) in [6, 6.07) is 5.61. The van der Waals surface area contributed by atoms with E-state index >= 15 is 0 Å². The third-order valence-electron chi connectivity index (χ3n) is 1.81. The number of aromatic hydroxyl groups is 1.